The molecule has 0 spiro atoms. The van der Waals surface area contributed by atoms with E-state index in [0.29, 0.717) is 6.42 Å². The quantitative estimate of drug-likeness (QED) is 0.0458. The molecule has 20 heteroatoms. The number of ketones is 1. The van der Waals surface area contributed by atoms with E-state index in [0.717, 1.165) is 6.92 Å². The number of nitrogens with zero attached hydrogens (tertiary/aromatic N) is 1. The number of ether oxygens (including phenoxy) is 7. The smallest absolute Gasteiger partial charge is 0.357 e. The number of methoxy groups -OCH3 is 1. The second kappa shape index (κ2) is 18.1. The molecule has 2 aliphatic heterocycles. The van der Waals surface area contributed by atoms with Crippen molar-refractivity contribution in [1.82, 2.24) is 0 Å². The lowest BCUT2D eigenvalue weighted by molar-refractivity contribution is -0.345. The van der Waals surface area contributed by atoms with Crippen molar-refractivity contribution in [1.29, 1.82) is 5.41 Å². The molecule has 3 aliphatic rings. The van der Waals surface area contributed by atoms with Gasteiger partial charge in [-0.2, -0.15) is 4.99 Å². The normalized spacial score (nSPS) is 34.3. The largest absolute Gasteiger partial charge is 0.508 e. The molecule has 3 rings (SSSR count). The van der Waals surface area contributed by atoms with Crippen LogP contribution in [0.15, 0.2) is 28.1 Å². The maximum Gasteiger partial charge on any atom is 0.357 e. The number of nitrogens with one attached hydrogen (secondary N) is 1. The Hall–Kier alpha value is -3.98. The lowest BCUT2D eigenvalue weighted by atomic mass is 9.74. The second-order valence-electron chi connectivity index (χ2n) is 13.1. The summed E-state index contributed by atoms with van der Waals surface area (Å²) in [6.07, 6.45) is -14.5. The number of hydrogen-bond acceptors (Lipinski definition) is 19. The standard InChI is InChI=1S/C34H46N2O17S/c1-8-14(3)31(43)50-16(5)34(46)15(4)49-22(10-21(34)47-7)52-27-25(39)29(33(45)11-19(38)24(35)23(28(33)40)30(41)42)51-20(12-48-17(6)37)26(27)53-32(44)18(9-2)36-13-54/h9,14-16,20-22,25-27,29,35,39-40,45-46H,8,10-12H2,1-7H3,(H,41,42)/b18-9+,35-24?/t14-,15?,16-,20?,21?,22?,25?,26?,27?,29-,33+,34?/m0/s1. The fourth-order valence-electron chi connectivity index (χ4n) is 6.46. The number of Topliss-reactive ketones (excluding diaryl/α,β-unsaturated/α-hetero) is 1. The lowest BCUT2D eigenvalue weighted by Gasteiger charge is -2.52. The number of allylic oxidation sites excluding steroid dienone is 1. The molecule has 2 saturated heterocycles. The fraction of sp³-hybridized carbons (Fsp3) is 0.676. The van der Waals surface area contributed by atoms with Crippen LogP contribution in [0.1, 0.15) is 60.8 Å². The molecule has 0 aromatic rings. The topological polar surface area (TPSA) is 287 Å². The molecule has 2 fully saturated rings. The van der Waals surface area contributed by atoms with Crippen LogP contribution in [0.25, 0.3) is 0 Å². The number of aliphatic carboxylic acids is 1. The van der Waals surface area contributed by atoms with Crippen molar-refractivity contribution < 1.29 is 82.7 Å². The Balaban J connectivity index is 2.14. The number of aliphatic imine (C=N–C) groups is 1. The number of carbonyl (C=O) groups is 5. The van der Waals surface area contributed by atoms with E-state index >= 15 is 0 Å². The van der Waals surface area contributed by atoms with Gasteiger partial charge in [-0.25, -0.2) is 9.59 Å². The Kier molecular flexibility index (Phi) is 14.9. The highest BCUT2D eigenvalue weighted by atomic mass is 32.1. The van der Waals surface area contributed by atoms with Crippen LogP contribution >= 0.6 is 12.2 Å². The maximum absolute atomic E-state index is 13.3. The summed E-state index contributed by atoms with van der Waals surface area (Å²) < 4.78 is 40.0. The zero-order valence-corrected chi connectivity index (χ0v) is 31.5. The third-order valence-corrected chi connectivity index (χ3v) is 9.86. The van der Waals surface area contributed by atoms with E-state index in [-0.39, 0.29) is 12.1 Å². The molecule has 0 radical (unpaired) electrons. The van der Waals surface area contributed by atoms with Crippen LogP contribution in [-0.4, -0.2) is 146 Å². The van der Waals surface area contributed by atoms with E-state index in [1.807, 2.05) is 5.16 Å². The maximum atomic E-state index is 13.3. The summed E-state index contributed by atoms with van der Waals surface area (Å²) in [5, 5.41) is 66.2. The Morgan fingerprint density at radius 1 is 1.19 bits per heavy atom. The average Bonchev–Trinajstić information content (AvgIpc) is 3.11. The number of aliphatic hydroxyl groups excluding tert-OH is 2. The van der Waals surface area contributed by atoms with Crippen LogP contribution in [0.2, 0.25) is 0 Å². The second-order valence-corrected chi connectivity index (χ2v) is 13.3. The van der Waals surface area contributed by atoms with Crippen LogP contribution in [0.5, 0.6) is 0 Å². The predicted molar refractivity (Wildman–Crippen MR) is 184 cm³/mol. The van der Waals surface area contributed by atoms with Gasteiger partial charge >= 0.3 is 23.9 Å². The highest BCUT2D eigenvalue weighted by Gasteiger charge is 2.62. The van der Waals surface area contributed by atoms with Gasteiger partial charge in [-0.3, -0.25) is 19.8 Å². The van der Waals surface area contributed by atoms with Crippen molar-refractivity contribution in [2.24, 2.45) is 10.9 Å². The van der Waals surface area contributed by atoms with E-state index in [2.05, 4.69) is 17.2 Å². The van der Waals surface area contributed by atoms with Crippen LogP contribution in [-0.2, 0) is 57.1 Å². The molecular weight excluding hydrogens is 740 g/mol. The van der Waals surface area contributed by atoms with Crippen molar-refractivity contribution in [3.63, 3.8) is 0 Å². The van der Waals surface area contributed by atoms with Gasteiger partial charge in [-0.05, 0) is 39.4 Å². The van der Waals surface area contributed by atoms with Crippen LogP contribution < -0.4 is 0 Å². The van der Waals surface area contributed by atoms with Gasteiger partial charge in [-0.1, -0.05) is 19.9 Å². The van der Waals surface area contributed by atoms with Crippen molar-refractivity contribution in [3.8, 4) is 0 Å². The Morgan fingerprint density at radius 3 is 2.37 bits per heavy atom. The molecule has 1 aliphatic carbocycles. The lowest BCUT2D eigenvalue weighted by Crippen LogP contribution is -2.70. The third-order valence-electron chi connectivity index (χ3n) is 9.77. The first-order valence-corrected chi connectivity index (χ1v) is 17.3. The number of carbonyl (C=O) groups excluding carboxylic acids is 4. The van der Waals surface area contributed by atoms with E-state index in [9.17, 15) is 49.5 Å². The molecule has 0 amide bonds. The minimum absolute atomic E-state index is 0.323. The molecule has 2 heterocycles. The predicted octanol–water partition coefficient (Wildman–Crippen LogP) is 0.461. The van der Waals surface area contributed by atoms with Gasteiger partial charge in [-0.15, -0.1) is 0 Å². The first-order valence-electron chi connectivity index (χ1n) is 16.9. The molecule has 300 valence electrons. The molecule has 0 bridgehead atoms. The molecule has 6 N–H and O–H groups in total. The highest BCUT2D eigenvalue weighted by molar-refractivity contribution is 7.78. The highest BCUT2D eigenvalue weighted by Crippen LogP contribution is 2.42. The summed E-state index contributed by atoms with van der Waals surface area (Å²) >= 11 is 4.60. The van der Waals surface area contributed by atoms with Gasteiger partial charge in [0.25, 0.3) is 0 Å². The minimum atomic E-state index is -3.03. The average molecular weight is 787 g/mol. The Labute approximate surface area is 315 Å². The Morgan fingerprint density at radius 2 is 1.83 bits per heavy atom. The summed E-state index contributed by atoms with van der Waals surface area (Å²) in [6.45, 7) is 8.03. The van der Waals surface area contributed by atoms with E-state index in [1.54, 1.807) is 13.8 Å². The monoisotopic (exact) mass is 786 g/mol. The van der Waals surface area contributed by atoms with Crippen molar-refractivity contribution in [2.45, 2.75) is 127 Å². The molecular formula is C34H46N2O17S. The first kappa shape index (κ1) is 44.4. The van der Waals surface area contributed by atoms with Crippen molar-refractivity contribution in [3.05, 3.63) is 23.1 Å². The summed E-state index contributed by atoms with van der Waals surface area (Å²) in [5.41, 5.74) is -7.74. The summed E-state index contributed by atoms with van der Waals surface area (Å²) in [6, 6.07) is 0. The van der Waals surface area contributed by atoms with E-state index in [1.165, 1.54) is 34.0 Å². The number of carboxylic acid groups (broad SMARTS) is 1. The molecule has 12 atom stereocenters. The van der Waals surface area contributed by atoms with Gasteiger partial charge in [0.1, 0.15) is 54.2 Å². The molecule has 54 heavy (non-hydrogen) atoms. The van der Waals surface area contributed by atoms with Crippen LogP contribution in [0.4, 0.5) is 0 Å². The van der Waals surface area contributed by atoms with Gasteiger partial charge in [0.05, 0.1) is 29.7 Å². The third kappa shape index (κ3) is 8.93. The molecule has 8 unspecified atom stereocenters. The van der Waals surface area contributed by atoms with E-state index in [4.69, 9.17) is 38.6 Å². The van der Waals surface area contributed by atoms with Crippen LogP contribution in [0.3, 0.4) is 0 Å². The molecule has 0 aromatic heterocycles. The number of carboxylic acids is 1. The van der Waals surface area contributed by atoms with Gasteiger partial charge < -0.3 is 58.7 Å². The number of aliphatic hydroxyl groups is 4. The molecule has 19 nitrogen and oxygen atoms in total. The number of esters is 3. The summed E-state index contributed by atoms with van der Waals surface area (Å²) in [4.78, 5) is 66.3. The number of hydrogen-bond donors (Lipinski definition) is 6. The van der Waals surface area contributed by atoms with Gasteiger partial charge in [0.15, 0.2) is 35.1 Å². The van der Waals surface area contributed by atoms with Gasteiger partial charge in [0, 0.05) is 20.5 Å². The van der Waals surface area contributed by atoms with Gasteiger partial charge in [0.2, 0.25) is 0 Å². The Bertz CT molecular complexity index is 1610. The van der Waals surface area contributed by atoms with Crippen molar-refractivity contribution >= 4 is 52.8 Å². The summed E-state index contributed by atoms with van der Waals surface area (Å²) in [5.74, 6) is -7.65. The van der Waals surface area contributed by atoms with Crippen LogP contribution in [0, 0.1) is 11.3 Å². The zero-order chi connectivity index (χ0) is 40.9. The number of isothiocyanates is 1. The zero-order valence-electron chi connectivity index (χ0n) is 30.7. The minimum Gasteiger partial charge on any atom is -0.508 e. The number of rotatable bonds is 14. The molecule has 0 aromatic carbocycles. The fourth-order valence-corrected chi connectivity index (χ4v) is 6.56. The van der Waals surface area contributed by atoms with Crippen molar-refractivity contribution in [2.75, 3.05) is 13.7 Å². The number of thiocarbonyl (C=S) groups is 1. The first-order chi connectivity index (χ1) is 25.2. The molecule has 0 saturated carbocycles. The van der Waals surface area contributed by atoms with E-state index < -0.39 is 132 Å². The summed E-state index contributed by atoms with van der Waals surface area (Å²) in [7, 11) is 1.27. The SMILES string of the molecule is C/C=C(/N=C=S)C(=O)OC1C(COC(C)=O)O[C@H]([C@@]2(O)CC(=O)C(=N)C(C(=O)O)=C2O)C(O)C1OC1CC(OC)C(O)([C@H](C)OC(=O)[C@@H](C)CC)C(C)O1.